The van der Waals surface area contributed by atoms with Crippen molar-refractivity contribution in [3.8, 4) is 11.3 Å². The van der Waals surface area contributed by atoms with Crippen LogP contribution in [0.25, 0.3) is 22.3 Å². The molecule has 39 heavy (non-hydrogen) atoms. The summed E-state index contributed by atoms with van der Waals surface area (Å²) < 4.78 is 31.8. The van der Waals surface area contributed by atoms with Crippen molar-refractivity contribution in [1.82, 2.24) is 29.4 Å². The summed E-state index contributed by atoms with van der Waals surface area (Å²) in [5.74, 6) is 1.03. The van der Waals surface area contributed by atoms with Crippen LogP contribution in [-0.2, 0) is 0 Å². The van der Waals surface area contributed by atoms with E-state index in [1.54, 1.807) is 6.07 Å². The maximum atomic E-state index is 15.0. The van der Waals surface area contributed by atoms with Gasteiger partial charge in [0.25, 0.3) is 0 Å². The summed E-state index contributed by atoms with van der Waals surface area (Å²) in [7, 11) is 0. The van der Waals surface area contributed by atoms with Crippen molar-refractivity contribution >= 4 is 22.8 Å². The van der Waals surface area contributed by atoms with E-state index in [1.165, 1.54) is 6.07 Å². The second kappa shape index (κ2) is 11.2. The molecule has 0 amide bonds. The second-order valence-electron chi connectivity index (χ2n) is 10.5. The Morgan fingerprint density at radius 1 is 1.08 bits per heavy atom. The van der Waals surface area contributed by atoms with Gasteiger partial charge in [-0.05, 0) is 82.9 Å². The van der Waals surface area contributed by atoms with Crippen LogP contribution in [0.1, 0.15) is 57.0 Å². The number of hydrogen-bond donors (Lipinski definition) is 1. The quantitative estimate of drug-likeness (QED) is 0.252. The third-order valence-corrected chi connectivity index (χ3v) is 7.71. The van der Waals surface area contributed by atoms with E-state index in [-0.39, 0.29) is 29.1 Å². The van der Waals surface area contributed by atoms with Gasteiger partial charge in [0.1, 0.15) is 22.9 Å². The largest absolute Gasteiger partial charge is 0.326 e. The molecule has 1 saturated heterocycles. The van der Waals surface area contributed by atoms with Crippen molar-refractivity contribution in [3.63, 3.8) is 0 Å². The molecule has 0 spiro atoms. The number of anilines is 2. The van der Waals surface area contributed by atoms with Crippen LogP contribution in [0.3, 0.4) is 0 Å². The molecule has 1 fully saturated rings. The number of benzene rings is 1. The predicted molar refractivity (Wildman–Crippen MR) is 151 cm³/mol. The Morgan fingerprint density at radius 2 is 1.85 bits per heavy atom. The first kappa shape index (κ1) is 26.9. The number of nitrogens with one attached hydrogen (secondary N) is 1. The fraction of sp³-hybridized carbons (Fsp3) is 0.400. The Labute approximate surface area is 228 Å². The first-order valence-corrected chi connectivity index (χ1v) is 13.6. The number of likely N-dealkylation sites (tertiary alicyclic amines) is 1. The molecular weight excluding hydrogens is 496 g/mol. The van der Waals surface area contributed by atoms with Crippen molar-refractivity contribution < 1.29 is 8.78 Å². The molecule has 3 aromatic heterocycles. The Balaban J connectivity index is 1.38. The van der Waals surface area contributed by atoms with Gasteiger partial charge in [-0.3, -0.25) is 0 Å². The van der Waals surface area contributed by atoms with Gasteiger partial charge < -0.3 is 14.8 Å². The van der Waals surface area contributed by atoms with E-state index >= 15 is 0 Å². The Hall–Kier alpha value is -3.72. The molecule has 5 rings (SSSR count). The summed E-state index contributed by atoms with van der Waals surface area (Å²) in [5.41, 5.74) is 2.29. The molecule has 0 radical (unpaired) electrons. The number of nitrogens with zero attached hydrogens (tertiary/aromatic N) is 6. The van der Waals surface area contributed by atoms with Gasteiger partial charge in [-0.15, -0.1) is 6.58 Å². The molecule has 0 aliphatic carbocycles. The van der Waals surface area contributed by atoms with Gasteiger partial charge >= 0.3 is 0 Å². The van der Waals surface area contributed by atoms with E-state index in [2.05, 4.69) is 43.7 Å². The first-order chi connectivity index (χ1) is 18.8. The maximum Gasteiger partial charge on any atom is 0.229 e. The predicted octanol–water partition coefficient (Wildman–Crippen LogP) is 6.80. The lowest BCUT2D eigenvalue weighted by Crippen LogP contribution is -2.35. The molecule has 1 aliphatic rings. The standard InChI is InChI=1S/C30H35F2N7/c1-6-23(20-10-12-38(7-2)13-11-20)21-8-9-27(33-16-21)36-30-34-17-25(32)28(37-30)22-14-24(31)29-26(15-22)39(18(3)4)19(5)35-29/h6,8-9,14-18,20,23H,1,7,10-13H2,2-5H3,(H,33,34,36,37)/t23-/m1/s1. The monoisotopic (exact) mass is 531 g/mol. The highest BCUT2D eigenvalue weighted by molar-refractivity contribution is 5.83. The Bertz CT molecular complexity index is 1470. The van der Waals surface area contributed by atoms with E-state index in [0.29, 0.717) is 28.6 Å². The van der Waals surface area contributed by atoms with Crippen LogP contribution < -0.4 is 5.32 Å². The fourth-order valence-electron chi connectivity index (χ4n) is 5.71. The minimum Gasteiger partial charge on any atom is -0.326 e. The van der Waals surface area contributed by atoms with E-state index in [0.717, 1.165) is 44.2 Å². The van der Waals surface area contributed by atoms with Crippen LogP contribution in [0.2, 0.25) is 0 Å². The second-order valence-corrected chi connectivity index (χ2v) is 10.5. The highest BCUT2D eigenvalue weighted by atomic mass is 19.1. The average Bonchev–Trinajstić information content (AvgIpc) is 3.28. The van der Waals surface area contributed by atoms with Crippen LogP contribution in [0.15, 0.2) is 49.3 Å². The molecular formula is C30H35F2N7. The first-order valence-electron chi connectivity index (χ1n) is 13.6. The smallest absolute Gasteiger partial charge is 0.229 e. The minimum absolute atomic E-state index is 0.00391. The van der Waals surface area contributed by atoms with Crippen molar-refractivity contribution in [2.45, 2.75) is 52.5 Å². The van der Waals surface area contributed by atoms with Crippen LogP contribution in [0.4, 0.5) is 20.5 Å². The minimum atomic E-state index is -0.641. The number of pyridine rings is 1. The van der Waals surface area contributed by atoms with Crippen LogP contribution in [-0.4, -0.2) is 49.0 Å². The lowest BCUT2D eigenvalue weighted by atomic mass is 9.80. The van der Waals surface area contributed by atoms with E-state index in [4.69, 9.17) is 0 Å². The topological polar surface area (TPSA) is 71.8 Å². The molecule has 0 unspecified atom stereocenters. The summed E-state index contributed by atoms with van der Waals surface area (Å²) in [6.07, 6.45) is 7.24. The number of aryl methyl sites for hydroxylation is 1. The van der Waals surface area contributed by atoms with Gasteiger partial charge in [-0.1, -0.05) is 19.1 Å². The number of allylic oxidation sites excluding steroid dienone is 1. The zero-order chi connectivity index (χ0) is 27.7. The van der Waals surface area contributed by atoms with Crippen molar-refractivity contribution in [2.24, 2.45) is 5.92 Å². The Morgan fingerprint density at radius 3 is 2.49 bits per heavy atom. The Kier molecular flexibility index (Phi) is 7.70. The maximum absolute atomic E-state index is 15.0. The lowest BCUT2D eigenvalue weighted by molar-refractivity contribution is 0.184. The molecule has 1 aliphatic heterocycles. The SMILES string of the molecule is C=C[C@@H](c1ccc(Nc2ncc(F)c(-c3cc(F)c4nc(C)n(C(C)C)c4c3)n2)nc1)C1CCN(CC)CC1. The molecule has 1 aromatic carbocycles. The van der Waals surface area contributed by atoms with Crippen LogP contribution >= 0.6 is 0 Å². The van der Waals surface area contributed by atoms with Gasteiger partial charge in [0.05, 0.1) is 11.7 Å². The average molecular weight is 532 g/mol. The van der Waals surface area contributed by atoms with Gasteiger partial charge in [0.15, 0.2) is 11.6 Å². The van der Waals surface area contributed by atoms with Gasteiger partial charge in [-0.2, -0.15) is 0 Å². The fourth-order valence-corrected chi connectivity index (χ4v) is 5.71. The molecule has 0 saturated carbocycles. The van der Waals surface area contributed by atoms with Crippen LogP contribution in [0.5, 0.6) is 0 Å². The normalized spacial score (nSPS) is 15.7. The summed E-state index contributed by atoms with van der Waals surface area (Å²) in [4.78, 5) is 19.9. The number of rotatable bonds is 8. The third-order valence-electron chi connectivity index (χ3n) is 7.71. The van der Waals surface area contributed by atoms with E-state index in [1.807, 2.05) is 49.7 Å². The molecule has 9 heteroatoms. The highest BCUT2D eigenvalue weighted by Crippen LogP contribution is 2.34. The number of aromatic nitrogens is 5. The van der Waals surface area contributed by atoms with Crippen molar-refractivity contribution in [2.75, 3.05) is 25.0 Å². The van der Waals surface area contributed by atoms with E-state index in [9.17, 15) is 8.78 Å². The molecule has 4 aromatic rings. The molecule has 1 atom stereocenters. The number of piperidine rings is 1. The van der Waals surface area contributed by atoms with Crippen molar-refractivity contribution in [1.29, 1.82) is 0 Å². The van der Waals surface area contributed by atoms with Gasteiger partial charge in [-0.25, -0.2) is 28.7 Å². The molecule has 1 N–H and O–H groups in total. The summed E-state index contributed by atoms with van der Waals surface area (Å²) in [5, 5.41) is 3.06. The molecule has 7 nitrogen and oxygen atoms in total. The lowest BCUT2D eigenvalue weighted by Gasteiger charge is -2.34. The molecule has 0 bridgehead atoms. The molecule has 204 valence electrons. The summed E-state index contributed by atoms with van der Waals surface area (Å²) >= 11 is 0. The van der Waals surface area contributed by atoms with E-state index < -0.39 is 11.6 Å². The third kappa shape index (κ3) is 5.41. The van der Waals surface area contributed by atoms with Crippen molar-refractivity contribution in [3.05, 3.63) is 72.3 Å². The number of hydrogen-bond acceptors (Lipinski definition) is 6. The zero-order valence-electron chi connectivity index (χ0n) is 23.0. The zero-order valence-corrected chi connectivity index (χ0v) is 23.0. The summed E-state index contributed by atoms with van der Waals surface area (Å²) in [6, 6.07) is 6.96. The number of fused-ring (bicyclic) bond motifs is 1. The number of imidazole rings is 1. The molecule has 4 heterocycles. The summed E-state index contributed by atoms with van der Waals surface area (Å²) in [6.45, 7) is 15.4. The number of halogens is 2. The highest BCUT2D eigenvalue weighted by Gasteiger charge is 2.25. The van der Waals surface area contributed by atoms with Gasteiger partial charge in [0, 0.05) is 23.7 Å². The van der Waals surface area contributed by atoms with Gasteiger partial charge in [0.2, 0.25) is 5.95 Å². The van der Waals surface area contributed by atoms with Crippen LogP contribution in [0, 0.1) is 24.5 Å².